The van der Waals surface area contributed by atoms with Crippen molar-refractivity contribution >= 4 is 35.0 Å². The molecule has 4 heteroatoms. The third-order valence-electron chi connectivity index (χ3n) is 3.09. The lowest BCUT2D eigenvalue weighted by Gasteiger charge is -2.20. The van der Waals surface area contributed by atoms with Crippen LogP contribution in [0.1, 0.15) is 38.3 Å². The number of hydrogen-bond donors (Lipinski definition) is 1. The van der Waals surface area contributed by atoms with Crippen LogP contribution in [0.5, 0.6) is 0 Å². The van der Waals surface area contributed by atoms with E-state index in [0.717, 1.165) is 23.6 Å². The first kappa shape index (κ1) is 16.2. The van der Waals surface area contributed by atoms with Crippen LogP contribution in [-0.2, 0) is 0 Å². The third-order valence-corrected chi connectivity index (χ3v) is 4.69. The van der Waals surface area contributed by atoms with Gasteiger partial charge >= 0.3 is 0 Å². The molecule has 0 aliphatic heterocycles. The van der Waals surface area contributed by atoms with Crippen LogP contribution in [0.4, 0.5) is 0 Å². The number of nitrogens with one attached hydrogen (secondary N) is 1. The molecule has 102 valence electrons. The van der Waals surface area contributed by atoms with Gasteiger partial charge < -0.3 is 5.32 Å². The Balaban J connectivity index is 2.60. The molecule has 1 N–H and O–H groups in total. The highest BCUT2D eigenvalue weighted by atomic mass is 35.5. The van der Waals surface area contributed by atoms with Crippen molar-refractivity contribution in [3.8, 4) is 0 Å². The van der Waals surface area contributed by atoms with E-state index in [9.17, 15) is 0 Å². The summed E-state index contributed by atoms with van der Waals surface area (Å²) >= 11 is 14.1. The highest BCUT2D eigenvalue weighted by Crippen LogP contribution is 2.28. The fourth-order valence-electron chi connectivity index (χ4n) is 1.84. The van der Waals surface area contributed by atoms with Gasteiger partial charge in [-0.3, -0.25) is 0 Å². The zero-order valence-corrected chi connectivity index (χ0v) is 13.5. The van der Waals surface area contributed by atoms with Crippen LogP contribution in [0.2, 0.25) is 10.0 Å². The number of rotatable bonds is 7. The van der Waals surface area contributed by atoms with Gasteiger partial charge in [-0.1, -0.05) is 43.1 Å². The van der Waals surface area contributed by atoms with Gasteiger partial charge in [-0.05, 0) is 43.3 Å². The minimum atomic E-state index is 0.309. The highest BCUT2D eigenvalue weighted by molar-refractivity contribution is 7.99. The Labute approximate surface area is 125 Å². The average molecular weight is 306 g/mol. The Hall–Kier alpha value is 0.110. The molecule has 1 aromatic carbocycles. The summed E-state index contributed by atoms with van der Waals surface area (Å²) in [5.74, 6) is 0. The molecule has 0 bridgehead atoms. The SMILES string of the molecule is CCC(NCCC(C)SC)c1ccc(Cl)cc1Cl. The van der Waals surface area contributed by atoms with E-state index in [2.05, 4.69) is 25.4 Å². The molecule has 1 nitrogen and oxygen atoms in total. The van der Waals surface area contributed by atoms with Crippen LogP contribution >= 0.6 is 35.0 Å². The van der Waals surface area contributed by atoms with Crippen LogP contribution in [0, 0.1) is 0 Å². The van der Waals surface area contributed by atoms with Gasteiger partial charge in [0.15, 0.2) is 0 Å². The van der Waals surface area contributed by atoms with Crippen molar-refractivity contribution in [2.75, 3.05) is 12.8 Å². The smallest absolute Gasteiger partial charge is 0.0468 e. The summed E-state index contributed by atoms with van der Waals surface area (Å²) in [6.07, 6.45) is 4.34. The van der Waals surface area contributed by atoms with E-state index in [-0.39, 0.29) is 0 Å². The average Bonchev–Trinajstić information content (AvgIpc) is 2.35. The molecule has 0 saturated carbocycles. The van der Waals surface area contributed by atoms with Crippen LogP contribution in [-0.4, -0.2) is 18.1 Å². The third kappa shape index (κ3) is 5.00. The summed E-state index contributed by atoms with van der Waals surface area (Å²) in [4.78, 5) is 0. The van der Waals surface area contributed by atoms with Crippen molar-refractivity contribution in [1.29, 1.82) is 0 Å². The maximum atomic E-state index is 6.24. The van der Waals surface area contributed by atoms with Gasteiger partial charge in [0.05, 0.1) is 0 Å². The van der Waals surface area contributed by atoms with Crippen LogP contribution < -0.4 is 5.32 Å². The molecule has 0 spiro atoms. The normalized spacial score (nSPS) is 14.5. The molecule has 0 amide bonds. The molecule has 0 aromatic heterocycles. The van der Waals surface area contributed by atoms with Gasteiger partial charge in [0, 0.05) is 21.3 Å². The molecule has 2 atom stereocenters. The van der Waals surface area contributed by atoms with Gasteiger partial charge in [-0.2, -0.15) is 11.8 Å². The molecule has 0 fully saturated rings. The minimum Gasteiger partial charge on any atom is -0.310 e. The number of thioether (sulfide) groups is 1. The second-order valence-electron chi connectivity index (χ2n) is 4.42. The highest BCUT2D eigenvalue weighted by Gasteiger charge is 2.12. The quantitative estimate of drug-likeness (QED) is 0.745. The summed E-state index contributed by atoms with van der Waals surface area (Å²) < 4.78 is 0. The van der Waals surface area contributed by atoms with E-state index in [1.54, 1.807) is 0 Å². The lowest BCUT2D eigenvalue weighted by molar-refractivity contribution is 0.510. The lowest BCUT2D eigenvalue weighted by atomic mass is 10.0. The summed E-state index contributed by atoms with van der Waals surface area (Å²) in [6, 6.07) is 6.04. The van der Waals surface area contributed by atoms with E-state index in [4.69, 9.17) is 23.2 Å². The fourth-order valence-corrected chi connectivity index (χ4v) is 2.73. The van der Waals surface area contributed by atoms with Crippen molar-refractivity contribution in [1.82, 2.24) is 5.32 Å². The first-order valence-corrected chi connectivity index (χ1v) is 8.34. The summed E-state index contributed by atoms with van der Waals surface area (Å²) in [5, 5.41) is 5.70. The van der Waals surface area contributed by atoms with Crippen LogP contribution in [0.25, 0.3) is 0 Å². The maximum absolute atomic E-state index is 6.24. The molecule has 0 radical (unpaired) electrons. The van der Waals surface area contributed by atoms with Crippen molar-refractivity contribution in [3.05, 3.63) is 33.8 Å². The second kappa shape index (κ2) is 8.31. The van der Waals surface area contributed by atoms with Crippen molar-refractivity contribution in [2.24, 2.45) is 0 Å². The first-order chi connectivity index (χ1) is 8.58. The predicted molar refractivity (Wildman–Crippen MR) is 85.1 cm³/mol. The monoisotopic (exact) mass is 305 g/mol. The zero-order valence-electron chi connectivity index (χ0n) is 11.2. The van der Waals surface area contributed by atoms with E-state index in [1.807, 2.05) is 30.0 Å². The molecule has 0 heterocycles. The zero-order chi connectivity index (χ0) is 13.5. The second-order valence-corrected chi connectivity index (χ2v) is 6.54. The molecule has 18 heavy (non-hydrogen) atoms. The van der Waals surface area contributed by atoms with Crippen molar-refractivity contribution < 1.29 is 0 Å². The van der Waals surface area contributed by atoms with Crippen LogP contribution in [0.15, 0.2) is 18.2 Å². The number of hydrogen-bond acceptors (Lipinski definition) is 2. The number of benzene rings is 1. The molecular weight excluding hydrogens is 285 g/mol. The maximum Gasteiger partial charge on any atom is 0.0468 e. The Morgan fingerprint density at radius 2 is 2.06 bits per heavy atom. The molecule has 0 aliphatic carbocycles. The van der Waals surface area contributed by atoms with Crippen molar-refractivity contribution in [3.63, 3.8) is 0 Å². The molecule has 1 rings (SSSR count). The van der Waals surface area contributed by atoms with Gasteiger partial charge in [-0.25, -0.2) is 0 Å². The predicted octanol–water partition coefficient (Wildman–Crippen LogP) is 5.18. The largest absolute Gasteiger partial charge is 0.310 e. The van der Waals surface area contributed by atoms with E-state index >= 15 is 0 Å². The van der Waals surface area contributed by atoms with E-state index < -0.39 is 0 Å². The van der Waals surface area contributed by atoms with Crippen molar-refractivity contribution in [2.45, 2.75) is 38.0 Å². The van der Waals surface area contributed by atoms with E-state index in [0.29, 0.717) is 16.3 Å². The van der Waals surface area contributed by atoms with Gasteiger partial charge in [-0.15, -0.1) is 0 Å². The van der Waals surface area contributed by atoms with Gasteiger partial charge in [0.1, 0.15) is 0 Å². The lowest BCUT2D eigenvalue weighted by Crippen LogP contribution is -2.23. The number of halogens is 2. The van der Waals surface area contributed by atoms with Crippen LogP contribution in [0.3, 0.4) is 0 Å². The summed E-state index contributed by atoms with van der Waals surface area (Å²) in [7, 11) is 0. The topological polar surface area (TPSA) is 12.0 Å². The fraction of sp³-hybridized carbons (Fsp3) is 0.571. The molecule has 0 saturated heterocycles. The molecule has 0 aliphatic rings. The Kier molecular flexibility index (Phi) is 7.47. The first-order valence-electron chi connectivity index (χ1n) is 6.29. The van der Waals surface area contributed by atoms with E-state index in [1.165, 1.54) is 6.42 Å². The molecule has 2 unspecified atom stereocenters. The van der Waals surface area contributed by atoms with Gasteiger partial charge in [0.25, 0.3) is 0 Å². The summed E-state index contributed by atoms with van der Waals surface area (Å²) in [5.41, 5.74) is 1.14. The molecular formula is C14H21Cl2NS. The Bertz CT molecular complexity index is 371. The Morgan fingerprint density at radius 3 is 2.61 bits per heavy atom. The minimum absolute atomic E-state index is 0.309. The summed E-state index contributed by atoms with van der Waals surface area (Å²) in [6.45, 7) is 5.43. The Morgan fingerprint density at radius 1 is 1.33 bits per heavy atom. The standard InChI is InChI=1S/C14H21Cl2NS/c1-4-14(17-8-7-10(2)18-3)12-6-5-11(15)9-13(12)16/h5-6,9-10,14,17H,4,7-8H2,1-3H3. The van der Waals surface area contributed by atoms with Gasteiger partial charge in [0.2, 0.25) is 0 Å². The molecule has 1 aromatic rings.